The summed E-state index contributed by atoms with van der Waals surface area (Å²) in [4.78, 5) is 41.9. The number of aromatic nitrogens is 1. The molecule has 0 bridgehead atoms. The van der Waals surface area contributed by atoms with Gasteiger partial charge >= 0.3 is 12.1 Å². The lowest BCUT2D eigenvalue weighted by atomic mass is 10.1. The number of methoxy groups -OCH3 is 1. The molecule has 1 aliphatic rings. The summed E-state index contributed by atoms with van der Waals surface area (Å²) in [6.07, 6.45) is -0.868. The van der Waals surface area contributed by atoms with E-state index in [-0.39, 0.29) is 26.2 Å². The lowest BCUT2D eigenvalue weighted by Gasteiger charge is -2.27. The second-order valence-corrected chi connectivity index (χ2v) is 10.1. The molecule has 0 spiro atoms. The van der Waals surface area contributed by atoms with Crippen molar-refractivity contribution in [3.05, 3.63) is 65.9 Å². The Morgan fingerprint density at radius 2 is 1.79 bits per heavy atom. The summed E-state index contributed by atoms with van der Waals surface area (Å²) < 4.78 is 23.0. The van der Waals surface area contributed by atoms with Crippen LogP contribution in [0.5, 0.6) is 11.5 Å². The van der Waals surface area contributed by atoms with Gasteiger partial charge in [0, 0.05) is 23.9 Å². The molecule has 1 aliphatic heterocycles. The minimum absolute atomic E-state index is 0.102. The molecule has 2 atom stereocenters. The zero-order valence-corrected chi connectivity index (χ0v) is 22.8. The summed E-state index contributed by atoms with van der Waals surface area (Å²) in [6, 6.07) is 15.7. The predicted octanol–water partition coefficient (Wildman–Crippen LogP) is 4.82. The number of pyridine rings is 1. The zero-order valence-electron chi connectivity index (χ0n) is 22.8. The Morgan fingerprint density at radius 1 is 1.03 bits per heavy atom. The van der Waals surface area contributed by atoms with Crippen molar-refractivity contribution in [3.63, 3.8) is 0 Å². The van der Waals surface area contributed by atoms with Crippen molar-refractivity contribution in [2.75, 3.05) is 20.8 Å². The Hall–Kier alpha value is -3.89. The fraction of sp³-hybridized carbons (Fsp3) is 0.414. The van der Waals surface area contributed by atoms with Crippen LogP contribution in [0.4, 0.5) is 4.79 Å². The number of hydrogen-bond donors (Lipinski definition) is 0. The molecular formula is C29H34N2O8. The van der Waals surface area contributed by atoms with Crippen LogP contribution >= 0.6 is 0 Å². The number of carbonyl (C=O) groups is 2. The zero-order chi connectivity index (χ0) is 28.0. The molecule has 0 aliphatic carbocycles. The molecule has 10 nitrogen and oxygen atoms in total. The van der Waals surface area contributed by atoms with Crippen molar-refractivity contribution in [1.29, 1.82) is 0 Å². The summed E-state index contributed by atoms with van der Waals surface area (Å²) in [5.74, 6) is 0.551. The molecule has 0 radical (unpaired) electrons. The van der Waals surface area contributed by atoms with Gasteiger partial charge in [0.1, 0.15) is 42.5 Å². The van der Waals surface area contributed by atoms with E-state index in [1.165, 1.54) is 12.0 Å². The third-order valence-corrected chi connectivity index (χ3v) is 6.04. The third kappa shape index (κ3) is 7.36. The molecule has 1 amide bonds. The summed E-state index contributed by atoms with van der Waals surface area (Å²) in [5, 5.41) is 0.746. The average molecular weight is 539 g/mol. The van der Waals surface area contributed by atoms with Gasteiger partial charge in [0.25, 0.3) is 0 Å². The minimum Gasteiger partial charge on any atom is -0.497 e. The van der Waals surface area contributed by atoms with E-state index in [1.54, 1.807) is 40.0 Å². The van der Waals surface area contributed by atoms with Crippen LogP contribution in [0.15, 0.2) is 54.6 Å². The van der Waals surface area contributed by atoms with Crippen molar-refractivity contribution >= 4 is 23.0 Å². The average Bonchev–Trinajstić information content (AvgIpc) is 3.34. The van der Waals surface area contributed by atoms with Crippen molar-refractivity contribution in [1.82, 2.24) is 9.88 Å². The predicted molar refractivity (Wildman–Crippen MR) is 142 cm³/mol. The normalized spacial score (nSPS) is 17.2. The molecule has 10 heteroatoms. The number of hydrogen-bond acceptors (Lipinski definition) is 9. The highest BCUT2D eigenvalue weighted by Gasteiger charge is 2.43. The molecule has 2 heterocycles. The Balaban J connectivity index is 1.56. The van der Waals surface area contributed by atoms with Crippen LogP contribution in [0.1, 0.15) is 38.4 Å². The molecule has 39 heavy (non-hydrogen) atoms. The lowest BCUT2D eigenvalue weighted by Crippen LogP contribution is -2.44. The smallest absolute Gasteiger partial charge is 0.411 e. The van der Waals surface area contributed by atoms with Gasteiger partial charge in [0.2, 0.25) is 0 Å². The maximum absolute atomic E-state index is 13.2. The Bertz CT molecular complexity index is 1290. The number of ether oxygens (including phenoxy) is 4. The first-order valence-corrected chi connectivity index (χ1v) is 12.7. The van der Waals surface area contributed by atoms with E-state index in [2.05, 4.69) is 9.87 Å². The van der Waals surface area contributed by atoms with Gasteiger partial charge in [0.15, 0.2) is 0 Å². The topological polar surface area (TPSA) is 106 Å². The number of carbonyl (C=O) groups excluding carboxylic acids is 2. The minimum atomic E-state index is -0.860. The van der Waals surface area contributed by atoms with Gasteiger partial charge in [-0.25, -0.2) is 24.3 Å². The molecule has 1 aromatic heterocycles. The molecule has 4 rings (SSSR count). The monoisotopic (exact) mass is 538 g/mol. The SMILES string of the molecule is COOCc1ccc2c(OC3C[C@@H](C(=O)OCc4ccccc4)N(C(=O)OC(C)(C)C)C3)cc(OC)cc2n1. The quantitative estimate of drug-likeness (QED) is 0.215. The van der Waals surface area contributed by atoms with Crippen LogP contribution in [0.2, 0.25) is 0 Å². The Kier molecular flexibility index (Phi) is 8.88. The van der Waals surface area contributed by atoms with Gasteiger partial charge in [-0.15, -0.1) is 0 Å². The number of nitrogens with zero attached hydrogens (tertiary/aromatic N) is 2. The molecule has 1 saturated heterocycles. The second-order valence-electron chi connectivity index (χ2n) is 10.1. The van der Waals surface area contributed by atoms with Gasteiger partial charge in [-0.05, 0) is 38.5 Å². The van der Waals surface area contributed by atoms with Crippen molar-refractivity contribution in [2.24, 2.45) is 0 Å². The molecule has 208 valence electrons. The maximum atomic E-state index is 13.2. The van der Waals surface area contributed by atoms with Crippen LogP contribution in [0, 0.1) is 0 Å². The van der Waals surface area contributed by atoms with E-state index in [9.17, 15) is 9.59 Å². The number of likely N-dealkylation sites (tertiary alicyclic amines) is 1. The fourth-order valence-corrected chi connectivity index (χ4v) is 4.27. The number of benzene rings is 2. The van der Waals surface area contributed by atoms with Crippen LogP contribution < -0.4 is 9.47 Å². The van der Waals surface area contributed by atoms with Crippen molar-refractivity contribution in [3.8, 4) is 11.5 Å². The number of esters is 1. The Labute approximate surface area is 227 Å². The molecule has 0 N–H and O–H groups in total. The van der Waals surface area contributed by atoms with Gasteiger partial charge in [0.05, 0.1) is 32.0 Å². The van der Waals surface area contributed by atoms with Crippen LogP contribution in [-0.4, -0.2) is 60.5 Å². The molecular weight excluding hydrogens is 504 g/mol. The maximum Gasteiger partial charge on any atom is 0.411 e. The summed E-state index contributed by atoms with van der Waals surface area (Å²) >= 11 is 0. The lowest BCUT2D eigenvalue weighted by molar-refractivity contribution is -0.282. The number of fused-ring (bicyclic) bond motifs is 1. The molecule has 0 saturated carbocycles. The standard InChI is InChI=1S/C29H34N2O8/c1-29(2,3)39-28(33)31-16-22(14-25(31)27(32)36-17-19-9-7-6-8-10-19)38-26-15-21(34-4)13-24-23(26)12-11-20(30-24)18-37-35-5/h6-13,15,22,25H,14,16-18H2,1-5H3/t22?,25-/m0/s1. The van der Waals surface area contributed by atoms with E-state index >= 15 is 0 Å². The molecule has 1 unspecified atom stereocenters. The highest BCUT2D eigenvalue weighted by molar-refractivity contribution is 5.87. The van der Waals surface area contributed by atoms with Gasteiger partial charge in [-0.3, -0.25) is 4.90 Å². The largest absolute Gasteiger partial charge is 0.497 e. The number of rotatable bonds is 9. The van der Waals surface area contributed by atoms with Crippen molar-refractivity contribution in [2.45, 2.75) is 58.2 Å². The van der Waals surface area contributed by atoms with Crippen LogP contribution in [0.3, 0.4) is 0 Å². The van der Waals surface area contributed by atoms with E-state index in [0.717, 1.165) is 10.9 Å². The fourth-order valence-electron chi connectivity index (χ4n) is 4.27. The van der Waals surface area contributed by atoms with Gasteiger partial charge < -0.3 is 18.9 Å². The molecule has 2 aromatic carbocycles. The van der Waals surface area contributed by atoms with E-state index in [4.69, 9.17) is 23.8 Å². The summed E-state index contributed by atoms with van der Waals surface area (Å²) in [7, 11) is 2.99. The highest BCUT2D eigenvalue weighted by atomic mass is 17.2. The third-order valence-electron chi connectivity index (χ3n) is 6.04. The molecule has 3 aromatic rings. The first-order valence-electron chi connectivity index (χ1n) is 12.7. The van der Waals surface area contributed by atoms with E-state index in [0.29, 0.717) is 22.7 Å². The van der Waals surface area contributed by atoms with Crippen LogP contribution in [-0.2, 0) is 37.3 Å². The van der Waals surface area contributed by atoms with Crippen LogP contribution in [0.25, 0.3) is 10.9 Å². The van der Waals surface area contributed by atoms with E-state index in [1.807, 2.05) is 42.5 Å². The number of amides is 1. The van der Waals surface area contributed by atoms with Gasteiger partial charge in [-0.1, -0.05) is 30.3 Å². The highest BCUT2D eigenvalue weighted by Crippen LogP contribution is 2.34. The van der Waals surface area contributed by atoms with E-state index < -0.39 is 29.8 Å². The summed E-state index contributed by atoms with van der Waals surface area (Å²) in [5.41, 5.74) is 1.43. The first-order chi connectivity index (χ1) is 18.7. The second kappa shape index (κ2) is 12.3. The van der Waals surface area contributed by atoms with Gasteiger partial charge in [-0.2, -0.15) is 0 Å². The Morgan fingerprint density at radius 3 is 2.49 bits per heavy atom. The molecule has 1 fully saturated rings. The first kappa shape index (κ1) is 28.1. The summed E-state index contributed by atoms with van der Waals surface area (Å²) in [6.45, 7) is 5.76. The van der Waals surface area contributed by atoms with Crippen molar-refractivity contribution < 1.29 is 38.3 Å².